The predicted octanol–water partition coefficient (Wildman–Crippen LogP) is 3.81. The Morgan fingerprint density at radius 3 is 2.53 bits per heavy atom. The summed E-state index contributed by atoms with van der Waals surface area (Å²) in [5.74, 6) is -2.46. The maximum absolute atomic E-state index is 14.8. The van der Waals surface area contributed by atoms with Crippen molar-refractivity contribution in [1.82, 2.24) is 20.4 Å². The molecule has 11 heteroatoms. The van der Waals surface area contributed by atoms with Crippen molar-refractivity contribution in [3.05, 3.63) is 65.4 Å². The molecule has 1 amide bonds. The van der Waals surface area contributed by atoms with Gasteiger partial charge >= 0.3 is 0 Å². The Bertz CT molecular complexity index is 1240. The number of aromatic nitrogens is 4. The van der Waals surface area contributed by atoms with Gasteiger partial charge in [0, 0.05) is 23.6 Å². The van der Waals surface area contributed by atoms with Crippen molar-refractivity contribution < 1.29 is 18.7 Å². The fourth-order valence-corrected chi connectivity index (χ4v) is 4.18. The standard InChI is InChI=1S/C21H18F2N6O2S/c1-10(9-30)11-6-13(22)19(14(23)7-11)17-8-12(20(24)31)21(32-17)26-18-3-2-15(28-29-18)16-4-5-25-27-16/h2-8,10,30H,9H2,1H3,(H2,24,31)(H,25,27)(H,26,29). The topological polar surface area (TPSA) is 130 Å². The van der Waals surface area contributed by atoms with Crippen molar-refractivity contribution in [2.75, 3.05) is 11.9 Å². The van der Waals surface area contributed by atoms with Gasteiger partial charge in [0.05, 0.1) is 16.8 Å². The molecule has 164 valence electrons. The molecule has 5 N–H and O–H groups in total. The van der Waals surface area contributed by atoms with Crippen LogP contribution in [0.2, 0.25) is 0 Å². The highest BCUT2D eigenvalue weighted by Gasteiger charge is 2.22. The van der Waals surface area contributed by atoms with E-state index in [4.69, 9.17) is 5.73 Å². The molecule has 8 nitrogen and oxygen atoms in total. The number of hydrogen-bond donors (Lipinski definition) is 4. The van der Waals surface area contributed by atoms with E-state index in [9.17, 15) is 18.7 Å². The van der Waals surface area contributed by atoms with Gasteiger partial charge in [-0.15, -0.1) is 21.5 Å². The molecule has 3 heterocycles. The molecule has 4 aromatic rings. The van der Waals surface area contributed by atoms with Crippen LogP contribution >= 0.6 is 11.3 Å². The minimum absolute atomic E-state index is 0.0658. The number of thiophene rings is 1. The third-order valence-electron chi connectivity index (χ3n) is 4.83. The molecular weight excluding hydrogens is 438 g/mol. The van der Waals surface area contributed by atoms with Crippen LogP contribution in [0.5, 0.6) is 0 Å². The van der Waals surface area contributed by atoms with E-state index in [0.29, 0.717) is 22.8 Å². The normalized spacial score (nSPS) is 12.0. The monoisotopic (exact) mass is 456 g/mol. The van der Waals surface area contributed by atoms with Crippen molar-refractivity contribution in [1.29, 1.82) is 0 Å². The number of nitrogens with zero attached hydrogens (tertiary/aromatic N) is 3. The fraction of sp³-hybridized carbons (Fsp3) is 0.143. The highest BCUT2D eigenvalue weighted by Crippen LogP contribution is 2.39. The number of carbonyl (C=O) groups excluding carboxylic acids is 1. The summed E-state index contributed by atoms with van der Waals surface area (Å²) in [5.41, 5.74) is 6.85. The molecule has 0 fully saturated rings. The van der Waals surface area contributed by atoms with Gasteiger partial charge in [0.2, 0.25) is 0 Å². The van der Waals surface area contributed by atoms with Gasteiger partial charge in [0.1, 0.15) is 22.3 Å². The molecule has 4 rings (SSSR count). The third kappa shape index (κ3) is 4.20. The fourth-order valence-electron chi connectivity index (χ4n) is 3.07. The lowest BCUT2D eigenvalue weighted by Crippen LogP contribution is -2.11. The molecule has 0 aliphatic heterocycles. The molecule has 0 saturated carbocycles. The number of H-pyrrole nitrogens is 1. The number of rotatable bonds is 7. The number of halogens is 2. The smallest absolute Gasteiger partial charge is 0.251 e. The van der Waals surface area contributed by atoms with Gasteiger partial charge in [-0.25, -0.2) is 8.78 Å². The molecule has 0 saturated heterocycles. The number of amides is 1. The SMILES string of the molecule is CC(CO)c1cc(F)c(-c2cc(C(N)=O)c(Nc3ccc(-c4ccn[nH]4)nn3)s2)c(F)c1. The summed E-state index contributed by atoms with van der Waals surface area (Å²) in [4.78, 5) is 12.1. The van der Waals surface area contributed by atoms with E-state index < -0.39 is 23.5 Å². The van der Waals surface area contributed by atoms with Crippen molar-refractivity contribution >= 4 is 28.1 Å². The molecule has 0 bridgehead atoms. The lowest BCUT2D eigenvalue weighted by molar-refractivity contribution is 0.100. The molecule has 0 spiro atoms. The summed E-state index contributed by atoms with van der Waals surface area (Å²) in [6.07, 6.45) is 1.59. The number of hydrogen-bond acceptors (Lipinski definition) is 7. The maximum atomic E-state index is 14.8. The van der Waals surface area contributed by atoms with Gasteiger partial charge in [0.25, 0.3) is 5.91 Å². The number of primary amides is 1. The molecule has 1 aromatic carbocycles. The zero-order valence-corrected chi connectivity index (χ0v) is 17.6. The lowest BCUT2D eigenvalue weighted by Gasteiger charge is -2.11. The summed E-state index contributed by atoms with van der Waals surface area (Å²) in [6.45, 7) is 1.42. The molecule has 3 aromatic heterocycles. The van der Waals surface area contributed by atoms with Gasteiger partial charge in [0.15, 0.2) is 5.82 Å². The number of aromatic amines is 1. The maximum Gasteiger partial charge on any atom is 0.251 e. The van der Waals surface area contributed by atoms with Gasteiger partial charge in [-0.3, -0.25) is 9.89 Å². The van der Waals surface area contributed by atoms with Crippen LogP contribution in [0.15, 0.2) is 42.6 Å². The second kappa shape index (κ2) is 8.81. The molecular formula is C21H18F2N6O2S. The van der Waals surface area contributed by atoms with Crippen LogP contribution in [0.25, 0.3) is 21.8 Å². The second-order valence-corrected chi connectivity index (χ2v) is 8.11. The molecule has 1 unspecified atom stereocenters. The minimum atomic E-state index is -0.798. The average molecular weight is 456 g/mol. The first-order valence-electron chi connectivity index (χ1n) is 9.51. The van der Waals surface area contributed by atoms with Crippen LogP contribution in [0.3, 0.4) is 0 Å². The Morgan fingerprint density at radius 1 is 1.22 bits per heavy atom. The minimum Gasteiger partial charge on any atom is -0.396 e. The van der Waals surface area contributed by atoms with Crippen LogP contribution in [-0.4, -0.2) is 38.0 Å². The number of carbonyl (C=O) groups is 1. The van der Waals surface area contributed by atoms with E-state index in [2.05, 4.69) is 25.7 Å². The summed E-state index contributed by atoms with van der Waals surface area (Å²) in [5, 5.41) is 27.2. The highest BCUT2D eigenvalue weighted by atomic mass is 32.1. The first kappa shape index (κ1) is 21.5. The van der Waals surface area contributed by atoms with Crippen LogP contribution < -0.4 is 11.1 Å². The van der Waals surface area contributed by atoms with E-state index in [0.717, 1.165) is 11.3 Å². The Balaban J connectivity index is 1.67. The van der Waals surface area contributed by atoms with Crippen molar-refractivity contribution in [3.8, 4) is 21.8 Å². The Kier molecular flexibility index (Phi) is 5.93. The quantitative estimate of drug-likeness (QED) is 0.335. The average Bonchev–Trinajstić information content (AvgIpc) is 3.44. The Labute approximate surface area is 185 Å². The second-order valence-electron chi connectivity index (χ2n) is 7.06. The zero-order valence-electron chi connectivity index (χ0n) is 16.8. The van der Waals surface area contributed by atoms with Crippen LogP contribution in [-0.2, 0) is 0 Å². The van der Waals surface area contributed by atoms with Crippen molar-refractivity contribution in [3.63, 3.8) is 0 Å². The first-order valence-corrected chi connectivity index (χ1v) is 10.3. The largest absolute Gasteiger partial charge is 0.396 e. The summed E-state index contributed by atoms with van der Waals surface area (Å²) >= 11 is 0.961. The predicted molar refractivity (Wildman–Crippen MR) is 117 cm³/mol. The van der Waals surface area contributed by atoms with Crippen molar-refractivity contribution in [2.45, 2.75) is 12.8 Å². The number of aliphatic hydroxyl groups is 1. The summed E-state index contributed by atoms with van der Waals surface area (Å²) in [7, 11) is 0. The zero-order chi connectivity index (χ0) is 22.8. The van der Waals surface area contributed by atoms with E-state index in [1.54, 1.807) is 31.3 Å². The molecule has 0 aliphatic carbocycles. The number of aliphatic hydroxyl groups excluding tert-OH is 1. The molecule has 32 heavy (non-hydrogen) atoms. The van der Waals surface area contributed by atoms with Gasteiger partial charge in [-0.1, -0.05) is 6.92 Å². The third-order valence-corrected chi connectivity index (χ3v) is 5.90. The van der Waals surface area contributed by atoms with E-state index >= 15 is 0 Å². The Morgan fingerprint density at radius 2 is 1.97 bits per heavy atom. The first-order chi connectivity index (χ1) is 15.4. The number of benzene rings is 1. The van der Waals surface area contributed by atoms with E-state index in [-0.39, 0.29) is 27.6 Å². The van der Waals surface area contributed by atoms with Crippen LogP contribution in [0, 0.1) is 11.6 Å². The van der Waals surface area contributed by atoms with Crippen LogP contribution in [0.1, 0.15) is 28.8 Å². The van der Waals surface area contributed by atoms with E-state index in [1.165, 1.54) is 18.2 Å². The highest BCUT2D eigenvalue weighted by molar-refractivity contribution is 7.20. The van der Waals surface area contributed by atoms with Crippen molar-refractivity contribution in [2.24, 2.45) is 5.73 Å². The molecule has 0 aliphatic rings. The lowest BCUT2D eigenvalue weighted by atomic mass is 9.99. The Hall–Kier alpha value is -3.70. The van der Waals surface area contributed by atoms with Gasteiger partial charge in [-0.05, 0) is 42.0 Å². The number of nitrogens with one attached hydrogen (secondary N) is 2. The number of nitrogens with two attached hydrogens (primary N) is 1. The molecule has 1 atom stereocenters. The molecule has 0 radical (unpaired) electrons. The summed E-state index contributed by atoms with van der Waals surface area (Å²) in [6, 6.07) is 8.76. The van der Waals surface area contributed by atoms with Crippen LogP contribution in [0.4, 0.5) is 19.6 Å². The number of anilines is 2. The van der Waals surface area contributed by atoms with Gasteiger partial charge in [-0.2, -0.15) is 5.10 Å². The van der Waals surface area contributed by atoms with Gasteiger partial charge < -0.3 is 16.2 Å². The van der Waals surface area contributed by atoms with E-state index in [1.807, 2.05) is 0 Å². The summed E-state index contributed by atoms with van der Waals surface area (Å²) < 4.78 is 29.5.